The van der Waals surface area contributed by atoms with Gasteiger partial charge in [0.05, 0.1) is 10.9 Å². The Morgan fingerprint density at radius 2 is 2.00 bits per heavy atom. The quantitative estimate of drug-likeness (QED) is 0.802. The van der Waals surface area contributed by atoms with Crippen LogP contribution in [0.2, 0.25) is 5.02 Å². The minimum Gasteiger partial charge on any atom is -0.484 e. The van der Waals surface area contributed by atoms with Gasteiger partial charge in [0.15, 0.2) is 6.61 Å². The highest BCUT2D eigenvalue weighted by atomic mass is 35.5. The van der Waals surface area contributed by atoms with Crippen LogP contribution in [0.5, 0.6) is 5.75 Å². The molecule has 0 radical (unpaired) electrons. The fourth-order valence-corrected chi connectivity index (χ4v) is 3.04. The zero-order chi connectivity index (χ0) is 18.6. The third-order valence-corrected chi connectivity index (χ3v) is 4.71. The summed E-state index contributed by atoms with van der Waals surface area (Å²) in [5, 5.41) is 8.46. The van der Waals surface area contributed by atoms with Crippen LogP contribution in [0.15, 0.2) is 47.4 Å². The van der Waals surface area contributed by atoms with E-state index < -0.39 is 16.1 Å². The van der Waals surface area contributed by atoms with E-state index in [-0.39, 0.29) is 17.4 Å². The van der Waals surface area contributed by atoms with E-state index in [0.717, 1.165) is 5.56 Å². The Kier molecular flexibility index (Phi) is 6.05. The standard InChI is InChI=1S/C17H19ClN2O4S/c1-11-8-14(18)6-7-16(11)24-10-17(21)20-12(2)13-4-3-5-15(9-13)25(19,22)23/h3-9,12H,10H2,1-2H3,(H,20,21)(H2,19,22,23). The number of sulfonamides is 1. The number of nitrogens with one attached hydrogen (secondary N) is 1. The maximum atomic E-state index is 12.1. The van der Waals surface area contributed by atoms with Crippen LogP contribution >= 0.6 is 11.6 Å². The van der Waals surface area contributed by atoms with Gasteiger partial charge < -0.3 is 10.1 Å². The van der Waals surface area contributed by atoms with E-state index in [9.17, 15) is 13.2 Å². The van der Waals surface area contributed by atoms with Crippen LogP contribution in [0.25, 0.3) is 0 Å². The second-order valence-electron chi connectivity index (χ2n) is 5.61. The van der Waals surface area contributed by atoms with E-state index in [1.54, 1.807) is 37.3 Å². The number of benzene rings is 2. The van der Waals surface area contributed by atoms with Crippen molar-refractivity contribution in [3.63, 3.8) is 0 Å². The number of aryl methyl sites for hydroxylation is 1. The largest absolute Gasteiger partial charge is 0.484 e. The number of hydrogen-bond acceptors (Lipinski definition) is 4. The van der Waals surface area contributed by atoms with Gasteiger partial charge in [0.25, 0.3) is 5.91 Å². The Morgan fingerprint density at radius 1 is 1.28 bits per heavy atom. The average Bonchev–Trinajstić information content (AvgIpc) is 2.53. The molecule has 0 aliphatic heterocycles. The second-order valence-corrected chi connectivity index (χ2v) is 7.60. The summed E-state index contributed by atoms with van der Waals surface area (Å²) < 4.78 is 28.3. The summed E-state index contributed by atoms with van der Waals surface area (Å²) in [6, 6.07) is 10.9. The van der Waals surface area contributed by atoms with Crippen molar-refractivity contribution in [2.24, 2.45) is 5.14 Å². The Morgan fingerprint density at radius 3 is 2.64 bits per heavy atom. The summed E-state index contributed by atoms with van der Waals surface area (Å²) in [7, 11) is -3.79. The molecule has 0 aromatic heterocycles. The third-order valence-electron chi connectivity index (χ3n) is 3.56. The van der Waals surface area contributed by atoms with E-state index in [0.29, 0.717) is 16.3 Å². The number of amides is 1. The lowest BCUT2D eigenvalue weighted by molar-refractivity contribution is -0.123. The highest BCUT2D eigenvalue weighted by Gasteiger charge is 2.14. The van der Waals surface area contributed by atoms with Gasteiger partial charge in [-0.3, -0.25) is 4.79 Å². The van der Waals surface area contributed by atoms with Gasteiger partial charge in [0, 0.05) is 5.02 Å². The first-order chi connectivity index (χ1) is 11.7. The van der Waals surface area contributed by atoms with Crippen LogP contribution < -0.4 is 15.2 Å². The summed E-state index contributed by atoms with van der Waals surface area (Å²) in [5.41, 5.74) is 1.46. The fraction of sp³-hybridized carbons (Fsp3) is 0.235. The third kappa shape index (κ3) is 5.45. The average molecular weight is 383 g/mol. The number of ether oxygens (including phenoxy) is 1. The van der Waals surface area contributed by atoms with Crippen LogP contribution in [0.3, 0.4) is 0 Å². The van der Waals surface area contributed by atoms with Gasteiger partial charge in [0.2, 0.25) is 10.0 Å². The molecule has 0 heterocycles. The highest BCUT2D eigenvalue weighted by molar-refractivity contribution is 7.89. The molecule has 2 aromatic rings. The number of carbonyl (C=O) groups is 1. The second kappa shape index (κ2) is 7.86. The van der Waals surface area contributed by atoms with E-state index in [2.05, 4.69) is 5.32 Å². The zero-order valence-electron chi connectivity index (χ0n) is 13.8. The van der Waals surface area contributed by atoms with Crippen molar-refractivity contribution >= 4 is 27.5 Å². The maximum Gasteiger partial charge on any atom is 0.258 e. The number of rotatable bonds is 6. The Bertz CT molecular complexity index is 884. The van der Waals surface area contributed by atoms with Gasteiger partial charge in [0.1, 0.15) is 5.75 Å². The molecule has 25 heavy (non-hydrogen) atoms. The zero-order valence-corrected chi connectivity index (χ0v) is 15.4. The number of halogens is 1. The minimum atomic E-state index is -3.79. The molecule has 0 saturated carbocycles. The molecule has 3 N–H and O–H groups in total. The first-order valence-electron chi connectivity index (χ1n) is 7.48. The van der Waals surface area contributed by atoms with Crippen molar-refractivity contribution in [2.75, 3.05) is 6.61 Å². The molecule has 2 aromatic carbocycles. The molecule has 0 fully saturated rings. The fourth-order valence-electron chi connectivity index (χ4n) is 2.25. The first-order valence-corrected chi connectivity index (χ1v) is 9.40. The molecule has 134 valence electrons. The summed E-state index contributed by atoms with van der Waals surface area (Å²) in [6.07, 6.45) is 0. The SMILES string of the molecule is Cc1cc(Cl)ccc1OCC(=O)NC(C)c1cccc(S(N)(=O)=O)c1. The molecule has 1 amide bonds. The molecule has 0 aliphatic carbocycles. The van der Waals surface area contributed by atoms with Gasteiger partial charge in [-0.25, -0.2) is 13.6 Å². The lowest BCUT2D eigenvalue weighted by Crippen LogP contribution is -2.31. The lowest BCUT2D eigenvalue weighted by atomic mass is 10.1. The van der Waals surface area contributed by atoms with Gasteiger partial charge in [-0.15, -0.1) is 0 Å². The molecule has 8 heteroatoms. The molecule has 6 nitrogen and oxygen atoms in total. The van der Waals surface area contributed by atoms with Gasteiger partial charge in [-0.05, 0) is 55.3 Å². The number of hydrogen-bond donors (Lipinski definition) is 2. The van der Waals surface area contributed by atoms with Gasteiger partial charge >= 0.3 is 0 Å². The maximum absolute atomic E-state index is 12.1. The van der Waals surface area contributed by atoms with Gasteiger partial charge in [-0.2, -0.15) is 0 Å². The predicted molar refractivity (Wildman–Crippen MR) is 96.1 cm³/mol. The summed E-state index contributed by atoms with van der Waals surface area (Å²) in [4.78, 5) is 12.1. The van der Waals surface area contributed by atoms with E-state index in [4.69, 9.17) is 21.5 Å². The normalized spacial score (nSPS) is 12.5. The number of primary sulfonamides is 1. The molecule has 0 bridgehead atoms. The Labute approximate surface area is 152 Å². The molecule has 1 unspecified atom stereocenters. The van der Waals surface area contributed by atoms with Crippen LogP contribution in [-0.2, 0) is 14.8 Å². The molecule has 0 saturated heterocycles. The first kappa shape index (κ1) is 19.2. The van der Waals surface area contributed by atoms with E-state index in [1.807, 2.05) is 6.92 Å². The molecule has 0 spiro atoms. The van der Waals surface area contributed by atoms with E-state index >= 15 is 0 Å². The van der Waals surface area contributed by atoms with Crippen molar-refractivity contribution < 1.29 is 17.9 Å². The van der Waals surface area contributed by atoms with Crippen LogP contribution in [-0.4, -0.2) is 20.9 Å². The topological polar surface area (TPSA) is 98.5 Å². The predicted octanol–water partition coefficient (Wildman–Crippen LogP) is 2.55. The van der Waals surface area contributed by atoms with Crippen LogP contribution in [0.1, 0.15) is 24.1 Å². The highest BCUT2D eigenvalue weighted by Crippen LogP contribution is 2.22. The minimum absolute atomic E-state index is 0.000798. The Balaban J connectivity index is 1.98. The lowest BCUT2D eigenvalue weighted by Gasteiger charge is -2.16. The summed E-state index contributed by atoms with van der Waals surface area (Å²) >= 11 is 5.87. The van der Waals surface area contributed by atoms with Crippen molar-refractivity contribution in [2.45, 2.75) is 24.8 Å². The van der Waals surface area contributed by atoms with Crippen molar-refractivity contribution in [1.29, 1.82) is 0 Å². The number of nitrogens with two attached hydrogens (primary N) is 1. The molecule has 1 atom stereocenters. The van der Waals surface area contributed by atoms with Gasteiger partial charge in [-0.1, -0.05) is 23.7 Å². The van der Waals surface area contributed by atoms with Crippen LogP contribution in [0, 0.1) is 6.92 Å². The summed E-state index contributed by atoms with van der Waals surface area (Å²) in [5.74, 6) is 0.242. The van der Waals surface area contributed by atoms with Crippen molar-refractivity contribution in [3.05, 3.63) is 58.6 Å². The molecule has 0 aliphatic rings. The monoisotopic (exact) mass is 382 g/mol. The Hall–Kier alpha value is -2.09. The smallest absolute Gasteiger partial charge is 0.258 e. The van der Waals surface area contributed by atoms with Crippen LogP contribution in [0.4, 0.5) is 0 Å². The molecule has 2 rings (SSSR count). The van der Waals surface area contributed by atoms with Crippen molar-refractivity contribution in [3.8, 4) is 5.75 Å². The molecular formula is C17H19ClN2O4S. The van der Waals surface area contributed by atoms with E-state index in [1.165, 1.54) is 12.1 Å². The summed E-state index contributed by atoms with van der Waals surface area (Å²) in [6.45, 7) is 3.41. The number of carbonyl (C=O) groups excluding carboxylic acids is 1. The van der Waals surface area contributed by atoms with Crippen molar-refractivity contribution in [1.82, 2.24) is 5.32 Å². The molecular weight excluding hydrogens is 364 g/mol.